The molecule has 2 aliphatic rings. The van der Waals surface area contributed by atoms with Gasteiger partial charge in [-0.3, -0.25) is 4.90 Å². The third-order valence-corrected chi connectivity index (χ3v) is 5.70. The van der Waals surface area contributed by atoms with Gasteiger partial charge in [0.25, 0.3) is 0 Å². The lowest BCUT2D eigenvalue weighted by molar-refractivity contribution is 0.00784. The van der Waals surface area contributed by atoms with Gasteiger partial charge in [0, 0.05) is 22.8 Å². The Kier molecular flexibility index (Phi) is 5.75. The first-order chi connectivity index (χ1) is 12.6. The third kappa shape index (κ3) is 3.22. The highest BCUT2D eigenvalue weighted by Gasteiger charge is 2.53. The Balaban J connectivity index is 0.00000210. The van der Waals surface area contributed by atoms with E-state index in [0.717, 1.165) is 42.2 Å². The van der Waals surface area contributed by atoms with Gasteiger partial charge < -0.3 is 14.7 Å². The van der Waals surface area contributed by atoms with E-state index in [1.54, 1.807) is 7.11 Å². The maximum atomic E-state index is 12.0. The van der Waals surface area contributed by atoms with Crippen LogP contribution >= 0.6 is 28.6 Å². The molecule has 4 rings (SSSR count). The second-order valence-electron chi connectivity index (χ2n) is 6.84. The number of nitrogens with zero attached hydrogens (tertiary/aromatic N) is 2. The van der Waals surface area contributed by atoms with Gasteiger partial charge in [0.05, 0.1) is 13.2 Å². The molecule has 0 radical (unpaired) electrons. The van der Waals surface area contributed by atoms with E-state index in [9.17, 15) is 5.11 Å². The summed E-state index contributed by atoms with van der Waals surface area (Å²) in [6.07, 6.45) is 4.33. The molecule has 6 heteroatoms. The standard InChI is InChI=1S/C21H23ClN2O2.BrH/c1-15-21(25,16-6-8-17(22)9-7-16)24(20-5-3-4-14-23(15)20)18-10-12-19(26-2)13-11-18;/h5-13,15,25H,3-4,14H2,1-2H3;1H. The molecule has 0 spiro atoms. The van der Waals surface area contributed by atoms with Crippen LogP contribution in [-0.4, -0.2) is 29.7 Å². The molecular weight excluding hydrogens is 428 g/mol. The van der Waals surface area contributed by atoms with Crippen molar-refractivity contribution >= 4 is 34.3 Å². The van der Waals surface area contributed by atoms with Crippen molar-refractivity contribution in [2.45, 2.75) is 31.5 Å². The van der Waals surface area contributed by atoms with Crippen LogP contribution in [0.4, 0.5) is 5.69 Å². The summed E-state index contributed by atoms with van der Waals surface area (Å²) >= 11 is 6.08. The predicted octanol–water partition coefficient (Wildman–Crippen LogP) is 4.92. The Morgan fingerprint density at radius 2 is 1.78 bits per heavy atom. The first-order valence-corrected chi connectivity index (χ1v) is 9.33. The highest BCUT2D eigenvalue weighted by Crippen LogP contribution is 2.47. The number of aliphatic hydroxyl groups is 1. The van der Waals surface area contributed by atoms with Crippen LogP contribution in [-0.2, 0) is 5.72 Å². The number of fused-ring (bicyclic) bond motifs is 1. The topological polar surface area (TPSA) is 35.9 Å². The van der Waals surface area contributed by atoms with Crippen molar-refractivity contribution in [3.05, 3.63) is 71.0 Å². The van der Waals surface area contributed by atoms with Gasteiger partial charge in [-0.25, -0.2) is 0 Å². The number of anilines is 1. The van der Waals surface area contributed by atoms with Crippen LogP contribution < -0.4 is 9.64 Å². The predicted molar refractivity (Wildman–Crippen MR) is 115 cm³/mol. The Morgan fingerprint density at radius 1 is 1.11 bits per heavy atom. The number of allylic oxidation sites excluding steroid dienone is 1. The molecule has 144 valence electrons. The maximum Gasteiger partial charge on any atom is 0.190 e. The van der Waals surface area contributed by atoms with E-state index >= 15 is 0 Å². The minimum Gasteiger partial charge on any atom is -0.497 e. The molecule has 0 aromatic heterocycles. The van der Waals surface area contributed by atoms with Crippen LogP contribution in [0.2, 0.25) is 5.02 Å². The summed E-state index contributed by atoms with van der Waals surface area (Å²) in [6.45, 7) is 3.02. The molecule has 2 heterocycles. The van der Waals surface area contributed by atoms with E-state index in [-0.39, 0.29) is 23.0 Å². The van der Waals surface area contributed by atoms with Crippen molar-refractivity contribution in [2.24, 2.45) is 0 Å². The van der Waals surface area contributed by atoms with E-state index in [1.165, 1.54) is 0 Å². The zero-order valence-electron chi connectivity index (χ0n) is 15.4. The maximum absolute atomic E-state index is 12.0. The summed E-state index contributed by atoms with van der Waals surface area (Å²) in [7, 11) is 1.66. The zero-order valence-corrected chi connectivity index (χ0v) is 17.9. The quantitative estimate of drug-likeness (QED) is 0.719. The molecule has 0 aliphatic carbocycles. The lowest BCUT2D eigenvalue weighted by atomic mass is 9.95. The first-order valence-electron chi connectivity index (χ1n) is 8.95. The molecule has 2 atom stereocenters. The molecule has 1 N–H and O–H groups in total. The highest BCUT2D eigenvalue weighted by atomic mass is 79.9. The van der Waals surface area contributed by atoms with Crippen LogP contribution in [0.25, 0.3) is 0 Å². The number of ether oxygens (including phenoxy) is 1. The monoisotopic (exact) mass is 450 g/mol. The minimum absolute atomic E-state index is 0. The largest absolute Gasteiger partial charge is 0.497 e. The average molecular weight is 452 g/mol. The van der Waals surface area contributed by atoms with Crippen molar-refractivity contribution in [3.63, 3.8) is 0 Å². The van der Waals surface area contributed by atoms with E-state index in [4.69, 9.17) is 16.3 Å². The molecule has 0 amide bonds. The summed E-state index contributed by atoms with van der Waals surface area (Å²) < 4.78 is 5.29. The van der Waals surface area contributed by atoms with Crippen LogP contribution in [0.5, 0.6) is 5.75 Å². The molecule has 0 saturated carbocycles. The van der Waals surface area contributed by atoms with E-state index in [2.05, 4.69) is 17.9 Å². The van der Waals surface area contributed by atoms with Crippen molar-refractivity contribution in [2.75, 3.05) is 18.6 Å². The lowest BCUT2D eigenvalue weighted by Crippen LogP contribution is -2.47. The second-order valence-corrected chi connectivity index (χ2v) is 7.28. The van der Waals surface area contributed by atoms with Gasteiger partial charge in [-0.2, -0.15) is 0 Å². The molecule has 27 heavy (non-hydrogen) atoms. The van der Waals surface area contributed by atoms with Crippen molar-refractivity contribution < 1.29 is 9.84 Å². The zero-order chi connectivity index (χ0) is 18.3. The van der Waals surface area contributed by atoms with Gasteiger partial charge >= 0.3 is 0 Å². The molecule has 0 bridgehead atoms. The lowest BCUT2D eigenvalue weighted by Gasteiger charge is -2.37. The van der Waals surface area contributed by atoms with Gasteiger partial charge in [-0.05, 0) is 62.2 Å². The Bertz CT molecular complexity index is 825. The van der Waals surface area contributed by atoms with Crippen LogP contribution in [0.15, 0.2) is 60.4 Å². The van der Waals surface area contributed by atoms with Gasteiger partial charge in [0.1, 0.15) is 11.6 Å². The normalized spacial score (nSPS) is 24.1. The molecule has 2 aromatic rings. The summed E-state index contributed by atoms with van der Waals surface area (Å²) in [4.78, 5) is 4.34. The summed E-state index contributed by atoms with van der Waals surface area (Å²) in [5.74, 6) is 1.86. The molecule has 4 nitrogen and oxygen atoms in total. The van der Waals surface area contributed by atoms with Gasteiger partial charge in [0.2, 0.25) is 0 Å². The number of hydrogen-bond acceptors (Lipinski definition) is 4. The molecule has 1 fully saturated rings. The smallest absolute Gasteiger partial charge is 0.190 e. The van der Waals surface area contributed by atoms with Crippen molar-refractivity contribution in [1.82, 2.24) is 4.90 Å². The fraction of sp³-hybridized carbons (Fsp3) is 0.333. The van der Waals surface area contributed by atoms with Gasteiger partial charge in [0.15, 0.2) is 5.72 Å². The van der Waals surface area contributed by atoms with Crippen molar-refractivity contribution in [3.8, 4) is 5.75 Å². The van der Waals surface area contributed by atoms with Crippen LogP contribution in [0, 0.1) is 0 Å². The number of benzene rings is 2. The molecular formula is C21H24BrClN2O2. The SMILES string of the molecule is Br.COc1ccc(N2C3=CCCCN3C(C)C2(O)c2ccc(Cl)cc2)cc1. The Morgan fingerprint density at radius 3 is 2.41 bits per heavy atom. The number of methoxy groups -OCH3 is 1. The summed E-state index contributed by atoms with van der Waals surface area (Å²) in [5, 5.41) is 12.6. The first kappa shape index (κ1) is 20.1. The Hall–Kier alpha value is -1.69. The number of rotatable bonds is 3. The highest BCUT2D eigenvalue weighted by molar-refractivity contribution is 8.93. The average Bonchev–Trinajstić information content (AvgIpc) is 2.91. The number of hydrogen-bond donors (Lipinski definition) is 1. The minimum atomic E-state index is -1.17. The van der Waals surface area contributed by atoms with E-state index < -0.39 is 5.72 Å². The van der Waals surface area contributed by atoms with E-state index in [0.29, 0.717) is 5.02 Å². The third-order valence-electron chi connectivity index (χ3n) is 5.44. The molecule has 2 aliphatic heterocycles. The molecule has 2 aromatic carbocycles. The van der Waals surface area contributed by atoms with Crippen LogP contribution in [0.1, 0.15) is 25.3 Å². The Labute approximate surface area is 175 Å². The van der Waals surface area contributed by atoms with E-state index in [1.807, 2.05) is 53.4 Å². The second kappa shape index (κ2) is 7.74. The van der Waals surface area contributed by atoms with Gasteiger partial charge in [-0.15, -0.1) is 17.0 Å². The number of halogens is 2. The van der Waals surface area contributed by atoms with Crippen LogP contribution in [0.3, 0.4) is 0 Å². The van der Waals surface area contributed by atoms with Crippen molar-refractivity contribution in [1.29, 1.82) is 0 Å². The fourth-order valence-corrected chi connectivity index (χ4v) is 4.17. The fourth-order valence-electron chi connectivity index (χ4n) is 4.04. The summed E-state index contributed by atoms with van der Waals surface area (Å²) in [5.41, 5.74) is 0.598. The molecule has 2 unspecified atom stereocenters. The van der Waals surface area contributed by atoms with Gasteiger partial charge in [-0.1, -0.05) is 23.7 Å². The summed E-state index contributed by atoms with van der Waals surface area (Å²) in [6, 6.07) is 15.2. The molecule has 1 saturated heterocycles.